The lowest BCUT2D eigenvalue weighted by Gasteiger charge is -2.29. The maximum atomic E-state index is 6.44. The van der Waals surface area contributed by atoms with Gasteiger partial charge < -0.3 is 10.6 Å². The van der Waals surface area contributed by atoms with Gasteiger partial charge in [-0.3, -0.25) is 4.98 Å². The predicted molar refractivity (Wildman–Crippen MR) is 123 cm³/mol. The van der Waals surface area contributed by atoms with E-state index in [4.69, 9.17) is 15.7 Å². The number of allylic oxidation sites excluding steroid dienone is 4. The lowest BCUT2D eigenvalue weighted by Crippen LogP contribution is -2.30. The highest BCUT2D eigenvalue weighted by molar-refractivity contribution is 9.10. The van der Waals surface area contributed by atoms with Gasteiger partial charge in [0.25, 0.3) is 0 Å². The molecule has 2 aliphatic rings. The van der Waals surface area contributed by atoms with Gasteiger partial charge in [-0.2, -0.15) is 9.61 Å². The maximum Gasteiger partial charge on any atom is 0.165 e. The Morgan fingerprint density at radius 2 is 1.97 bits per heavy atom. The van der Waals surface area contributed by atoms with E-state index in [1.165, 1.54) is 0 Å². The van der Waals surface area contributed by atoms with Crippen LogP contribution in [0, 0.1) is 0 Å². The third kappa shape index (κ3) is 3.46. The highest BCUT2D eigenvalue weighted by atomic mass is 79.9. The third-order valence-electron chi connectivity index (χ3n) is 6.21. The van der Waals surface area contributed by atoms with Crippen LogP contribution in [-0.4, -0.2) is 44.6 Å². The maximum absolute atomic E-state index is 6.44. The summed E-state index contributed by atoms with van der Waals surface area (Å²) in [4.78, 5) is 12.1. The number of hydrogen-bond acceptors (Lipinski definition) is 5. The molecule has 0 aromatic carbocycles. The second-order valence-corrected chi connectivity index (χ2v) is 8.99. The molecule has 0 bridgehead atoms. The fourth-order valence-electron chi connectivity index (χ4n) is 4.35. The van der Waals surface area contributed by atoms with Gasteiger partial charge in [0.2, 0.25) is 0 Å². The van der Waals surface area contributed by atoms with Crippen molar-refractivity contribution in [2.24, 2.45) is 0 Å². The zero-order chi connectivity index (χ0) is 20.7. The van der Waals surface area contributed by atoms with Gasteiger partial charge in [-0.15, -0.1) is 0 Å². The first-order valence-electron chi connectivity index (χ1n) is 10.4. The van der Waals surface area contributed by atoms with Gasteiger partial charge in [0, 0.05) is 34.9 Å². The highest BCUT2D eigenvalue weighted by Crippen LogP contribution is 2.36. The van der Waals surface area contributed by atoms with Crippen LogP contribution < -0.4 is 5.73 Å². The lowest BCUT2D eigenvalue weighted by molar-refractivity contribution is 0.253. The van der Waals surface area contributed by atoms with Crippen molar-refractivity contribution in [1.29, 1.82) is 0 Å². The summed E-state index contributed by atoms with van der Waals surface area (Å²) in [5.74, 6) is 1.34. The van der Waals surface area contributed by atoms with E-state index in [1.54, 1.807) is 4.52 Å². The number of likely N-dealkylation sites (tertiary alicyclic amines) is 1. The number of hydrogen-bond donors (Lipinski definition) is 1. The van der Waals surface area contributed by atoms with Gasteiger partial charge in [0.1, 0.15) is 5.82 Å². The Bertz CT molecular complexity index is 1120. The molecule has 6 nitrogen and oxygen atoms in total. The number of aromatic nitrogens is 4. The van der Waals surface area contributed by atoms with Crippen LogP contribution >= 0.6 is 15.9 Å². The average molecular weight is 465 g/mol. The molecule has 1 aliphatic carbocycles. The SMILES string of the molecule is CN1CCC(c2nc3c(-c4ccc(C5C=CC=CC5)nc4)cnn3c(N)c2Br)CC1. The molecule has 1 saturated heterocycles. The number of halogens is 1. The molecule has 4 heterocycles. The second-order valence-electron chi connectivity index (χ2n) is 8.19. The van der Waals surface area contributed by atoms with Crippen LogP contribution in [0.25, 0.3) is 16.8 Å². The summed E-state index contributed by atoms with van der Waals surface area (Å²) in [6.45, 7) is 2.15. The van der Waals surface area contributed by atoms with Gasteiger partial charge >= 0.3 is 0 Å². The summed E-state index contributed by atoms with van der Waals surface area (Å²) in [5, 5.41) is 4.51. The fourth-order valence-corrected chi connectivity index (χ4v) is 4.93. The fraction of sp³-hybridized carbons (Fsp3) is 0.348. The molecule has 0 spiro atoms. The standard InChI is InChI=1S/C23H25BrN6/c1-29-11-9-16(10-12-29)21-20(24)22(25)30-23(28-21)18(14-27-30)17-7-8-19(26-13-17)15-5-3-2-4-6-15/h2-5,7-8,13-16H,6,9-12,25H2,1H3. The summed E-state index contributed by atoms with van der Waals surface area (Å²) >= 11 is 3.68. The molecular weight excluding hydrogens is 440 g/mol. The Morgan fingerprint density at radius 1 is 1.13 bits per heavy atom. The number of nitrogen functional groups attached to an aromatic ring is 1. The Morgan fingerprint density at radius 3 is 2.67 bits per heavy atom. The van der Waals surface area contributed by atoms with Gasteiger partial charge in [0.15, 0.2) is 5.65 Å². The zero-order valence-corrected chi connectivity index (χ0v) is 18.6. The molecule has 0 saturated carbocycles. The minimum absolute atomic E-state index is 0.341. The first-order valence-corrected chi connectivity index (χ1v) is 11.2. The van der Waals surface area contributed by atoms with Crippen molar-refractivity contribution >= 4 is 27.4 Å². The van der Waals surface area contributed by atoms with Crippen molar-refractivity contribution in [2.45, 2.75) is 31.1 Å². The van der Waals surface area contributed by atoms with Crippen LogP contribution in [0.2, 0.25) is 0 Å². The molecule has 3 aromatic rings. The predicted octanol–water partition coefficient (Wildman–Crippen LogP) is 4.54. The molecule has 1 aliphatic heterocycles. The van der Waals surface area contributed by atoms with Crippen LogP contribution in [0.5, 0.6) is 0 Å². The monoisotopic (exact) mass is 464 g/mol. The number of nitrogens with zero attached hydrogens (tertiary/aromatic N) is 5. The largest absolute Gasteiger partial charge is 0.383 e. The molecule has 3 aromatic heterocycles. The Kier molecular flexibility index (Phi) is 5.16. The molecule has 154 valence electrons. The van der Waals surface area contributed by atoms with E-state index in [9.17, 15) is 0 Å². The Hall–Kier alpha value is -2.51. The molecule has 30 heavy (non-hydrogen) atoms. The third-order valence-corrected chi connectivity index (χ3v) is 7.02. The second kappa shape index (κ2) is 7.96. The van der Waals surface area contributed by atoms with Gasteiger partial charge in [-0.05, 0) is 61.4 Å². The first kappa shape index (κ1) is 19.5. The number of pyridine rings is 1. The van der Waals surface area contributed by atoms with Gasteiger partial charge in [-0.25, -0.2) is 4.98 Å². The van der Waals surface area contributed by atoms with Crippen LogP contribution in [0.1, 0.15) is 42.5 Å². The van der Waals surface area contributed by atoms with Crippen molar-refractivity contribution in [3.8, 4) is 11.1 Å². The van der Waals surface area contributed by atoms with E-state index < -0.39 is 0 Å². The topological polar surface area (TPSA) is 72.3 Å². The minimum Gasteiger partial charge on any atom is -0.383 e. The lowest BCUT2D eigenvalue weighted by atomic mass is 9.93. The van der Waals surface area contributed by atoms with Gasteiger partial charge in [-0.1, -0.05) is 30.4 Å². The minimum atomic E-state index is 0.341. The molecule has 1 fully saturated rings. The number of nitrogens with two attached hydrogens (primary N) is 1. The Balaban J connectivity index is 1.52. The summed E-state index contributed by atoms with van der Waals surface area (Å²) in [6, 6.07) is 4.22. The van der Waals surface area contributed by atoms with Crippen molar-refractivity contribution < 1.29 is 0 Å². The van der Waals surface area contributed by atoms with E-state index >= 15 is 0 Å². The molecule has 0 radical (unpaired) electrons. The molecule has 1 unspecified atom stereocenters. The molecule has 1 atom stereocenters. The quantitative estimate of drug-likeness (QED) is 0.615. The molecule has 2 N–H and O–H groups in total. The molecule has 7 heteroatoms. The summed E-state index contributed by atoms with van der Waals surface area (Å²) in [6.07, 6.45) is 15.5. The van der Waals surface area contributed by atoms with Crippen LogP contribution in [0.3, 0.4) is 0 Å². The van der Waals surface area contributed by atoms with E-state index in [2.05, 4.69) is 69.4 Å². The molecule has 0 amide bonds. The van der Waals surface area contributed by atoms with Crippen LogP contribution in [0.15, 0.2) is 53.3 Å². The summed E-state index contributed by atoms with van der Waals surface area (Å²) in [5.41, 5.74) is 11.3. The number of piperidine rings is 1. The highest BCUT2D eigenvalue weighted by Gasteiger charge is 2.25. The van der Waals surface area contributed by atoms with Crippen LogP contribution in [-0.2, 0) is 0 Å². The van der Waals surface area contributed by atoms with Crippen molar-refractivity contribution in [3.05, 3.63) is 64.7 Å². The normalized spacial score (nSPS) is 20.3. The van der Waals surface area contributed by atoms with Crippen molar-refractivity contribution in [1.82, 2.24) is 24.5 Å². The van der Waals surface area contributed by atoms with E-state index in [0.717, 1.165) is 65.0 Å². The summed E-state index contributed by atoms with van der Waals surface area (Å²) < 4.78 is 2.59. The average Bonchev–Trinajstić information content (AvgIpc) is 3.22. The molecular formula is C23H25BrN6. The molecule has 5 rings (SSSR count). The van der Waals surface area contributed by atoms with E-state index in [0.29, 0.717) is 17.7 Å². The Labute approximate surface area is 184 Å². The van der Waals surface area contributed by atoms with E-state index in [-0.39, 0.29) is 0 Å². The van der Waals surface area contributed by atoms with Crippen molar-refractivity contribution in [3.63, 3.8) is 0 Å². The summed E-state index contributed by atoms with van der Waals surface area (Å²) in [7, 11) is 2.17. The zero-order valence-electron chi connectivity index (χ0n) is 17.0. The first-order chi connectivity index (χ1) is 14.6. The van der Waals surface area contributed by atoms with E-state index in [1.807, 2.05) is 12.4 Å². The van der Waals surface area contributed by atoms with Crippen molar-refractivity contribution in [2.75, 3.05) is 25.9 Å². The van der Waals surface area contributed by atoms with Gasteiger partial charge in [0.05, 0.1) is 16.4 Å². The number of rotatable bonds is 3. The smallest absolute Gasteiger partial charge is 0.165 e. The number of fused-ring (bicyclic) bond motifs is 1. The van der Waals surface area contributed by atoms with Crippen LogP contribution in [0.4, 0.5) is 5.82 Å². The number of anilines is 1.